The summed E-state index contributed by atoms with van der Waals surface area (Å²) in [5.41, 5.74) is 1.05. The second kappa shape index (κ2) is 4.53. The Bertz CT molecular complexity index is 510. The molecule has 1 unspecified atom stereocenters. The summed E-state index contributed by atoms with van der Waals surface area (Å²) >= 11 is 0. The molecule has 19 heavy (non-hydrogen) atoms. The maximum atomic E-state index is 12.5. The van der Waals surface area contributed by atoms with Crippen LogP contribution < -0.4 is 4.74 Å². The van der Waals surface area contributed by atoms with Gasteiger partial charge >= 0.3 is 0 Å². The number of likely N-dealkylation sites (tertiary alicyclic amines) is 1. The Morgan fingerprint density at radius 2 is 2.32 bits per heavy atom. The van der Waals surface area contributed by atoms with E-state index in [9.17, 15) is 9.90 Å². The number of carbonyl (C=O) groups is 1. The van der Waals surface area contributed by atoms with Crippen molar-refractivity contribution in [3.8, 4) is 5.75 Å². The zero-order valence-electron chi connectivity index (χ0n) is 11.2. The van der Waals surface area contributed by atoms with Gasteiger partial charge in [-0.25, -0.2) is 0 Å². The number of nitrogens with zero attached hydrogens (tertiary/aromatic N) is 1. The smallest absolute Gasteiger partial charge is 0.253 e. The van der Waals surface area contributed by atoms with Gasteiger partial charge in [-0.1, -0.05) is 0 Å². The van der Waals surface area contributed by atoms with E-state index in [-0.39, 0.29) is 5.91 Å². The number of benzene rings is 1. The van der Waals surface area contributed by atoms with Gasteiger partial charge in [-0.05, 0) is 43.5 Å². The summed E-state index contributed by atoms with van der Waals surface area (Å²) in [6, 6.07) is 5.61. The molecule has 1 aromatic rings. The molecule has 2 aliphatic rings. The zero-order valence-corrected chi connectivity index (χ0v) is 11.2. The van der Waals surface area contributed by atoms with E-state index in [1.54, 1.807) is 11.8 Å². The number of hydrogen-bond donors (Lipinski definition) is 1. The minimum Gasteiger partial charge on any atom is -0.493 e. The van der Waals surface area contributed by atoms with E-state index in [1.807, 2.05) is 18.2 Å². The van der Waals surface area contributed by atoms with Crippen molar-refractivity contribution >= 4 is 5.91 Å². The second-order valence-corrected chi connectivity index (χ2v) is 5.75. The van der Waals surface area contributed by atoms with Crippen LogP contribution in [0.25, 0.3) is 0 Å². The van der Waals surface area contributed by atoms with Crippen molar-refractivity contribution in [1.82, 2.24) is 4.90 Å². The molecule has 1 fully saturated rings. The van der Waals surface area contributed by atoms with E-state index < -0.39 is 5.60 Å². The van der Waals surface area contributed by atoms with Gasteiger partial charge in [0, 0.05) is 25.1 Å². The number of amides is 1. The van der Waals surface area contributed by atoms with Gasteiger partial charge in [-0.2, -0.15) is 0 Å². The number of ether oxygens (including phenoxy) is 1. The average Bonchev–Trinajstić information content (AvgIpc) is 2.83. The van der Waals surface area contributed by atoms with Crippen LogP contribution in [0.5, 0.6) is 5.75 Å². The molecule has 1 aromatic carbocycles. The Labute approximate surface area is 113 Å². The summed E-state index contributed by atoms with van der Waals surface area (Å²) in [4.78, 5) is 14.2. The van der Waals surface area contributed by atoms with Gasteiger partial charge in [-0.15, -0.1) is 0 Å². The molecule has 1 amide bonds. The van der Waals surface area contributed by atoms with E-state index >= 15 is 0 Å². The average molecular weight is 261 g/mol. The third kappa shape index (κ3) is 2.45. The van der Waals surface area contributed by atoms with Gasteiger partial charge in [0.2, 0.25) is 0 Å². The molecule has 0 saturated carbocycles. The van der Waals surface area contributed by atoms with E-state index in [0.717, 1.165) is 37.1 Å². The van der Waals surface area contributed by atoms with Crippen LogP contribution in [0.15, 0.2) is 18.2 Å². The highest BCUT2D eigenvalue weighted by Crippen LogP contribution is 2.27. The zero-order chi connectivity index (χ0) is 13.5. The highest BCUT2D eigenvalue weighted by molar-refractivity contribution is 5.94. The van der Waals surface area contributed by atoms with Gasteiger partial charge < -0.3 is 14.7 Å². The van der Waals surface area contributed by atoms with Crippen molar-refractivity contribution in [3.63, 3.8) is 0 Å². The number of carbonyl (C=O) groups excluding carboxylic acids is 1. The standard InChI is InChI=1S/C15H19NO3/c1-15(18)6-2-7-16(10-15)14(17)12-3-4-13-11(9-12)5-8-19-13/h3-4,9,18H,2,5-8,10H2,1H3. The van der Waals surface area contributed by atoms with Crippen molar-refractivity contribution in [3.05, 3.63) is 29.3 Å². The lowest BCUT2D eigenvalue weighted by molar-refractivity contribution is -0.0107. The summed E-state index contributed by atoms with van der Waals surface area (Å²) in [6.07, 6.45) is 2.48. The van der Waals surface area contributed by atoms with Crippen molar-refractivity contribution in [2.75, 3.05) is 19.7 Å². The molecule has 1 saturated heterocycles. The molecule has 2 heterocycles. The largest absolute Gasteiger partial charge is 0.493 e. The lowest BCUT2D eigenvalue weighted by Crippen LogP contribution is -2.48. The quantitative estimate of drug-likeness (QED) is 0.835. The number of rotatable bonds is 1. The fourth-order valence-electron chi connectivity index (χ4n) is 2.90. The Balaban J connectivity index is 1.80. The van der Waals surface area contributed by atoms with Crippen molar-refractivity contribution in [1.29, 1.82) is 0 Å². The first-order chi connectivity index (χ1) is 9.05. The molecule has 0 bridgehead atoms. The minimum absolute atomic E-state index is 0.00896. The lowest BCUT2D eigenvalue weighted by Gasteiger charge is -2.36. The summed E-state index contributed by atoms with van der Waals surface area (Å²) in [7, 11) is 0. The SMILES string of the molecule is CC1(O)CCCN(C(=O)c2ccc3c(c2)CCO3)C1. The third-order valence-electron chi connectivity index (χ3n) is 3.90. The molecule has 1 atom stereocenters. The van der Waals surface area contributed by atoms with Crippen molar-refractivity contribution in [2.45, 2.75) is 31.8 Å². The van der Waals surface area contributed by atoms with Crippen LogP contribution in [0, 0.1) is 0 Å². The number of aliphatic hydroxyl groups is 1. The van der Waals surface area contributed by atoms with E-state index in [2.05, 4.69) is 0 Å². The third-order valence-corrected chi connectivity index (χ3v) is 3.90. The van der Waals surface area contributed by atoms with Crippen LogP contribution >= 0.6 is 0 Å². The number of piperidine rings is 1. The number of fused-ring (bicyclic) bond motifs is 1. The summed E-state index contributed by atoms with van der Waals surface area (Å²) in [5.74, 6) is 0.900. The first-order valence-electron chi connectivity index (χ1n) is 6.83. The van der Waals surface area contributed by atoms with Crippen LogP contribution in [0.4, 0.5) is 0 Å². The second-order valence-electron chi connectivity index (χ2n) is 5.75. The Hall–Kier alpha value is -1.55. The van der Waals surface area contributed by atoms with Crippen molar-refractivity contribution in [2.24, 2.45) is 0 Å². The molecule has 1 N–H and O–H groups in total. The molecule has 2 aliphatic heterocycles. The molecule has 3 rings (SSSR count). The lowest BCUT2D eigenvalue weighted by atomic mass is 9.94. The molecule has 0 aromatic heterocycles. The predicted molar refractivity (Wildman–Crippen MR) is 71.4 cm³/mol. The van der Waals surface area contributed by atoms with Gasteiger partial charge in [0.05, 0.1) is 12.2 Å². The van der Waals surface area contributed by atoms with Crippen LogP contribution in [-0.2, 0) is 6.42 Å². The summed E-state index contributed by atoms with van der Waals surface area (Å²) in [6.45, 7) is 3.64. The van der Waals surface area contributed by atoms with E-state index in [4.69, 9.17) is 4.74 Å². The predicted octanol–water partition coefficient (Wildman–Crippen LogP) is 1.61. The summed E-state index contributed by atoms with van der Waals surface area (Å²) in [5, 5.41) is 10.1. The maximum absolute atomic E-state index is 12.5. The highest BCUT2D eigenvalue weighted by Gasteiger charge is 2.31. The van der Waals surface area contributed by atoms with Crippen LogP contribution in [0.1, 0.15) is 35.7 Å². The highest BCUT2D eigenvalue weighted by atomic mass is 16.5. The minimum atomic E-state index is -0.756. The summed E-state index contributed by atoms with van der Waals surface area (Å²) < 4.78 is 5.45. The Kier molecular flexibility index (Phi) is 2.97. The van der Waals surface area contributed by atoms with Crippen molar-refractivity contribution < 1.29 is 14.6 Å². The molecule has 0 aliphatic carbocycles. The van der Waals surface area contributed by atoms with Crippen LogP contribution in [0.2, 0.25) is 0 Å². The normalized spacial score (nSPS) is 25.9. The molecular weight excluding hydrogens is 242 g/mol. The van der Waals surface area contributed by atoms with Gasteiger partial charge in [0.25, 0.3) is 5.91 Å². The monoisotopic (exact) mass is 261 g/mol. The van der Waals surface area contributed by atoms with E-state index in [1.165, 1.54) is 0 Å². The fourth-order valence-corrected chi connectivity index (χ4v) is 2.90. The van der Waals surface area contributed by atoms with Crippen LogP contribution in [-0.4, -0.2) is 41.2 Å². The van der Waals surface area contributed by atoms with Gasteiger partial charge in [0.1, 0.15) is 5.75 Å². The molecule has 0 spiro atoms. The molecule has 4 nitrogen and oxygen atoms in total. The molecule has 0 radical (unpaired) electrons. The fraction of sp³-hybridized carbons (Fsp3) is 0.533. The van der Waals surface area contributed by atoms with E-state index in [0.29, 0.717) is 18.7 Å². The van der Waals surface area contributed by atoms with Gasteiger partial charge in [0.15, 0.2) is 0 Å². The molecular formula is C15H19NO3. The molecule has 102 valence electrons. The first-order valence-corrected chi connectivity index (χ1v) is 6.83. The number of hydrogen-bond acceptors (Lipinski definition) is 3. The Morgan fingerprint density at radius 3 is 3.11 bits per heavy atom. The molecule has 4 heteroatoms. The maximum Gasteiger partial charge on any atom is 0.253 e. The first kappa shape index (κ1) is 12.5. The van der Waals surface area contributed by atoms with Crippen LogP contribution in [0.3, 0.4) is 0 Å². The topological polar surface area (TPSA) is 49.8 Å². The Morgan fingerprint density at radius 1 is 1.47 bits per heavy atom. The van der Waals surface area contributed by atoms with Gasteiger partial charge in [-0.3, -0.25) is 4.79 Å². The number of β-amino-alcohol motifs (C(OH)–C–C–N with tert-alkyl or cyclic N) is 1.